The van der Waals surface area contributed by atoms with Crippen molar-refractivity contribution in [3.05, 3.63) is 101 Å². The van der Waals surface area contributed by atoms with Crippen LogP contribution in [0.1, 0.15) is 63.2 Å². The Bertz CT molecular complexity index is 1330. The van der Waals surface area contributed by atoms with Gasteiger partial charge in [-0.15, -0.1) is 0 Å². The van der Waals surface area contributed by atoms with Gasteiger partial charge >= 0.3 is 5.97 Å². The van der Waals surface area contributed by atoms with E-state index in [9.17, 15) is 14.4 Å². The highest BCUT2D eigenvalue weighted by molar-refractivity contribution is 6.04. The van der Waals surface area contributed by atoms with E-state index in [1.165, 1.54) is 5.56 Å². The van der Waals surface area contributed by atoms with E-state index < -0.39 is 5.92 Å². The largest absolute Gasteiger partial charge is 0.461 e. The monoisotopic (exact) mass is 511 g/mol. The summed E-state index contributed by atoms with van der Waals surface area (Å²) in [6.45, 7) is 7.57. The second kappa shape index (κ2) is 11.2. The van der Waals surface area contributed by atoms with E-state index in [0.717, 1.165) is 30.6 Å². The van der Waals surface area contributed by atoms with Crippen molar-refractivity contribution >= 4 is 23.5 Å². The third kappa shape index (κ3) is 4.94. The molecule has 3 aromatic rings. The number of ether oxygens (including phenoxy) is 1. The quantitative estimate of drug-likeness (QED) is 0.445. The lowest BCUT2D eigenvalue weighted by atomic mass is 9.76. The van der Waals surface area contributed by atoms with Gasteiger partial charge in [0.15, 0.2) is 0 Å². The lowest BCUT2D eigenvalue weighted by Crippen LogP contribution is -2.49. The fraction of sp³-hybridized carbons (Fsp3) is 0.323. The summed E-state index contributed by atoms with van der Waals surface area (Å²) in [5.41, 5.74) is 4.52. The van der Waals surface area contributed by atoms with Crippen molar-refractivity contribution in [1.82, 2.24) is 9.80 Å². The molecule has 0 aliphatic carbocycles. The number of carbonyl (C=O) groups is 3. The Kier molecular flexibility index (Phi) is 7.56. The molecule has 7 heteroatoms. The van der Waals surface area contributed by atoms with Gasteiger partial charge in [-0.1, -0.05) is 56.3 Å². The molecule has 0 fully saturated rings. The lowest BCUT2D eigenvalue weighted by molar-refractivity contribution is -0.119. The number of hydrogen-bond donors (Lipinski definition) is 1. The summed E-state index contributed by atoms with van der Waals surface area (Å²) in [4.78, 5) is 43.7. The molecule has 2 heterocycles. The molecule has 0 aromatic heterocycles. The second-order valence-electron chi connectivity index (χ2n) is 9.69. The molecule has 2 aliphatic rings. The van der Waals surface area contributed by atoms with Crippen LogP contribution >= 0.6 is 0 Å². The van der Waals surface area contributed by atoms with Crippen molar-refractivity contribution in [1.29, 1.82) is 0 Å². The molecule has 2 aliphatic heterocycles. The first-order valence-corrected chi connectivity index (χ1v) is 13.3. The maximum absolute atomic E-state index is 13.8. The van der Waals surface area contributed by atoms with Crippen LogP contribution in [0, 0.1) is 0 Å². The van der Waals surface area contributed by atoms with Crippen LogP contribution in [0.25, 0.3) is 0 Å². The number of amides is 2. The summed E-state index contributed by atoms with van der Waals surface area (Å²) in [6.07, 6.45) is 0.765. The lowest BCUT2D eigenvalue weighted by Gasteiger charge is -2.45. The van der Waals surface area contributed by atoms with E-state index in [4.69, 9.17) is 4.74 Å². The Morgan fingerprint density at radius 2 is 1.63 bits per heavy atom. The predicted octanol–water partition coefficient (Wildman–Crippen LogP) is 4.66. The van der Waals surface area contributed by atoms with Crippen molar-refractivity contribution in [2.75, 3.05) is 38.1 Å². The van der Waals surface area contributed by atoms with Crippen LogP contribution < -0.4 is 5.32 Å². The number of esters is 1. The molecule has 2 unspecified atom stereocenters. The molecule has 7 nitrogen and oxygen atoms in total. The number of benzene rings is 3. The smallest absolute Gasteiger partial charge is 0.338 e. The zero-order chi connectivity index (χ0) is 26.6. The minimum Gasteiger partial charge on any atom is -0.461 e. The van der Waals surface area contributed by atoms with Gasteiger partial charge < -0.3 is 19.9 Å². The second-order valence-corrected chi connectivity index (χ2v) is 9.69. The molecule has 2 atom stereocenters. The third-order valence-electron chi connectivity index (χ3n) is 7.64. The zero-order valence-corrected chi connectivity index (χ0v) is 21.9. The van der Waals surface area contributed by atoms with Crippen molar-refractivity contribution in [2.45, 2.75) is 32.2 Å². The first kappa shape index (κ1) is 25.7. The molecule has 0 saturated carbocycles. The number of anilines is 1. The number of nitrogens with one attached hydrogen (secondary N) is 1. The summed E-state index contributed by atoms with van der Waals surface area (Å²) in [5.74, 6) is -1.17. The summed E-state index contributed by atoms with van der Waals surface area (Å²) in [7, 11) is 0. The van der Waals surface area contributed by atoms with Crippen molar-refractivity contribution in [3.63, 3.8) is 0 Å². The number of likely N-dealkylation sites (N-methyl/N-ethyl adjacent to an activating group) is 1. The molecule has 2 amide bonds. The van der Waals surface area contributed by atoms with Crippen LogP contribution in [0.3, 0.4) is 0 Å². The highest BCUT2D eigenvalue weighted by Crippen LogP contribution is 2.46. The number of nitrogens with zero attached hydrogens (tertiary/aromatic N) is 2. The minimum absolute atomic E-state index is 0.0342. The van der Waals surface area contributed by atoms with Gasteiger partial charge in [-0.05, 0) is 66.5 Å². The van der Waals surface area contributed by atoms with Crippen molar-refractivity contribution in [2.24, 2.45) is 0 Å². The molecule has 0 bridgehead atoms. The molecule has 196 valence electrons. The Morgan fingerprint density at radius 1 is 0.947 bits per heavy atom. The fourth-order valence-corrected chi connectivity index (χ4v) is 5.56. The molecule has 0 saturated heterocycles. The Labute approximate surface area is 223 Å². The van der Waals surface area contributed by atoms with Crippen LogP contribution in [-0.4, -0.2) is 60.4 Å². The van der Waals surface area contributed by atoms with Crippen LogP contribution in [0.4, 0.5) is 5.69 Å². The first-order valence-electron chi connectivity index (χ1n) is 13.3. The summed E-state index contributed by atoms with van der Waals surface area (Å²) in [5, 5.41) is 3.03. The molecule has 38 heavy (non-hydrogen) atoms. The van der Waals surface area contributed by atoms with E-state index in [1.807, 2.05) is 41.3 Å². The number of rotatable bonds is 8. The highest BCUT2D eigenvalue weighted by atomic mass is 16.5. The summed E-state index contributed by atoms with van der Waals surface area (Å²) in [6, 6.07) is 21.8. The zero-order valence-electron chi connectivity index (χ0n) is 21.9. The summed E-state index contributed by atoms with van der Waals surface area (Å²) < 4.78 is 5.41. The van der Waals surface area contributed by atoms with Gasteiger partial charge in [0.1, 0.15) is 6.61 Å². The Morgan fingerprint density at radius 3 is 2.37 bits per heavy atom. The van der Waals surface area contributed by atoms with Gasteiger partial charge in [0.2, 0.25) is 5.91 Å². The van der Waals surface area contributed by atoms with E-state index in [2.05, 4.69) is 30.1 Å². The van der Waals surface area contributed by atoms with Crippen LogP contribution in [0.15, 0.2) is 72.8 Å². The van der Waals surface area contributed by atoms with E-state index >= 15 is 0 Å². The molecule has 5 rings (SSSR count). The minimum atomic E-state index is -0.560. The van der Waals surface area contributed by atoms with Crippen LogP contribution in [-0.2, 0) is 16.0 Å². The maximum Gasteiger partial charge on any atom is 0.338 e. The van der Waals surface area contributed by atoms with Gasteiger partial charge in [0.25, 0.3) is 5.91 Å². The molecule has 3 aromatic carbocycles. The molecule has 1 N–H and O–H groups in total. The Balaban J connectivity index is 1.35. The molecular formula is C31H33N3O4. The highest BCUT2D eigenvalue weighted by Gasteiger charge is 2.46. The third-order valence-corrected chi connectivity index (χ3v) is 7.64. The van der Waals surface area contributed by atoms with E-state index in [0.29, 0.717) is 36.5 Å². The van der Waals surface area contributed by atoms with Crippen molar-refractivity contribution in [3.8, 4) is 0 Å². The fourth-order valence-electron chi connectivity index (χ4n) is 5.56. The topological polar surface area (TPSA) is 79.0 Å². The van der Waals surface area contributed by atoms with Crippen LogP contribution in [0.5, 0.6) is 0 Å². The van der Waals surface area contributed by atoms with Gasteiger partial charge in [0.05, 0.1) is 17.5 Å². The average molecular weight is 512 g/mol. The number of hydrogen-bond acceptors (Lipinski definition) is 5. The van der Waals surface area contributed by atoms with Gasteiger partial charge in [-0.2, -0.15) is 0 Å². The van der Waals surface area contributed by atoms with E-state index in [1.54, 1.807) is 30.3 Å². The standard InChI is InChI=1S/C31H33N3O4/c1-3-33(4-2)19-20-38-31(37)22-13-15-23(16-14-22)32-29(35)27-25-11-7-8-12-26(25)30(36)34-18-17-21-9-5-6-10-24(21)28(27)34/h5-16,27-28H,3-4,17-20H2,1-2H3,(H,32,35). The molecule has 0 spiro atoms. The van der Waals surface area contributed by atoms with Crippen LogP contribution in [0.2, 0.25) is 0 Å². The molecule has 0 radical (unpaired) electrons. The van der Waals surface area contributed by atoms with Gasteiger partial charge in [-0.25, -0.2) is 4.79 Å². The average Bonchev–Trinajstić information content (AvgIpc) is 2.95. The SMILES string of the molecule is CCN(CC)CCOC(=O)c1ccc(NC(=O)C2c3ccccc3C(=O)N3CCc4ccccc4C23)cc1. The number of fused-ring (bicyclic) bond motifs is 4. The normalized spacial score (nSPS) is 17.9. The first-order chi connectivity index (χ1) is 18.5. The van der Waals surface area contributed by atoms with Crippen molar-refractivity contribution < 1.29 is 19.1 Å². The van der Waals surface area contributed by atoms with E-state index in [-0.39, 0.29) is 23.8 Å². The molecular weight excluding hydrogens is 478 g/mol. The summed E-state index contributed by atoms with van der Waals surface area (Å²) >= 11 is 0. The predicted molar refractivity (Wildman–Crippen MR) is 146 cm³/mol. The number of carbonyl (C=O) groups excluding carboxylic acids is 3. The maximum atomic E-state index is 13.8. The van der Waals surface area contributed by atoms with Gasteiger partial charge in [-0.3, -0.25) is 9.59 Å². The Hall–Kier alpha value is -3.97. The van der Waals surface area contributed by atoms with Gasteiger partial charge in [0, 0.05) is 24.3 Å².